The van der Waals surface area contributed by atoms with Crippen LogP contribution in [0.25, 0.3) is 10.9 Å². The first-order valence-electron chi connectivity index (χ1n) is 7.83. The zero-order chi connectivity index (χ0) is 18.2. The number of benzene rings is 1. The Morgan fingerprint density at radius 2 is 1.96 bits per heavy atom. The second-order valence-corrected chi connectivity index (χ2v) is 8.08. The summed E-state index contributed by atoms with van der Waals surface area (Å²) >= 11 is 2.16. The fourth-order valence-corrected chi connectivity index (χ4v) is 3.85. The molecule has 5 nitrogen and oxygen atoms in total. The molecule has 1 unspecified atom stereocenters. The van der Waals surface area contributed by atoms with Crippen LogP contribution in [0.5, 0.6) is 0 Å². The summed E-state index contributed by atoms with van der Waals surface area (Å²) in [5.41, 5.74) is 0.482. The number of aromatic nitrogens is 1. The number of aromatic carboxylic acids is 1. The molecular formula is C18H22INO4. The molecule has 24 heavy (non-hydrogen) atoms. The minimum absolute atomic E-state index is 0.145. The molecule has 0 radical (unpaired) electrons. The lowest BCUT2D eigenvalue weighted by atomic mass is 9.86. The number of hydrogen-bond donors (Lipinski definition) is 2. The van der Waals surface area contributed by atoms with Gasteiger partial charge in [-0.3, -0.25) is 4.79 Å². The van der Waals surface area contributed by atoms with E-state index in [9.17, 15) is 19.8 Å². The first-order chi connectivity index (χ1) is 11.1. The van der Waals surface area contributed by atoms with Gasteiger partial charge in [0.05, 0.1) is 23.6 Å². The van der Waals surface area contributed by atoms with Crippen LogP contribution in [0.1, 0.15) is 49.7 Å². The average molecular weight is 443 g/mol. The topological polar surface area (TPSA) is 79.5 Å². The molecule has 6 heteroatoms. The van der Waals surface area contributed by atoms with E-state index >= 15 is 0 Å². The molecule has 1 aromatic carbocycles. The van der Waals surface area contributed by atoms with Crippen LogP contribution in [0.2, 0.25) is 0 Å². The molecule has 1 atom stereocenters. The van der Waals surface area contributed by atoms with Crippen molar-refractivity contribution < 1.29 is 15.0 Å². The monoisotopic (exact) mass is 443 g/mol. The Hall–Kier alpha value is -1.41. The van der Waals surface area contributed by atoms with Gasteiger partial charge in [-0.05, 0) is 52.1 Å². The fraction of sp³-hybridized carbons (Fsp3) is 0.444. The molecule has 0 aliphatic heterocycles. The molecule has 2 rings (SSSR count). The predicted octanol–water partition coefficient (Wildman–Crippen LogP) is 3.45. The largest absolute Gasteiger partial charge is 0.477 e. The number of pyridine rings is 1. The van der Waals surface area contributed by atoms with Crippen molar-refractivity contribution >= 4 is 39.5 Å². The van der Waals surface area contributed by atoms with Gasteiger partial charge < -0.3 is 14.8 Å². The molecule has 0 amide bonds. The highest BCUT2D eigenvalue weighted by Crippen LogP contribution is 2.33. The minimum atomic E-state index is -1.25. The number of carboxylic acid groups (broad SMARTS) is 1. The third-order valence-corrected chi connectivity index (χ3v) is 5.35. The van der Waals surface area contributed by atoms with Gasteiger partial charge in [0, 0.05) is 9.77 Å². The van der Waals surface area contributed by atoms with Crippen LogP contribution in [0, 0.1) is 8.99 Å². The lowest BCUT2D eigenvalue weighted by molar-refractivity contribution is 0.0692. The molecule has 0 fully saturated rings. The van der Waals surface area contributed by atoms with Gasteiger partial charge in [0.15, 0.2) is 0 Å². The van der Waals surface area contributed by atoms with E-state index in [2.05, 4.69) is 22.6 Å². The number of rotatable bonds is 4. The van der Waals surface area contributed by atoms with E-state index < -0.39 is 11.4 Å². The van der Waals surface area contributed by atoms with E-state index in [-0.39, 0.29) is 23.6 Å². The maximum absolute atomic E-state index is 12.8. The van der Waals surface area contributed by atoms with Crippen molar-refractivity contribution in [1.29, 1.82) is 0 Å². The summed E-state index contributed by atoms with van der Waals surface area (Å²) in [6, 6.07) is 3.41. The molecule has 0 bridgehead atoms. The van der Waals surface area contributed by atoms with Crippen LogP contribution in [0.3, 0.4) is 0 Å². The van der Waals surface area contributed by atoms with Gasteiger partial charge in [-0.1, -0.05) is 27.7 Å². The van der Waals surface area contributed by atoms with Gasteiger partial charge in [-0.25, -0.2) is 4.79 Å². The maximum atomic E-state index is 12.8. The van der Waals surface area contributed by atoms with Crippen LogP contribution in [-0.4, -0.2) is 27.4 Å². The van der Waals surface area contributed by atoms with Crippen LogP contribution in [0.4, 0.5) is 0 Å². The van der Waals surface area contributed by atoms with Crippen molar-refractivity contribution in [1.82, 2.24) is 4.57 Å². The van der Waals surface area contributed by atoms with E-state index in [4.69, 9.17) is 0 Å². The van der Waals surface area contributed by atoms with Crippen LogP contribution in [-0.2, 0) is 6.42 Å². The first-order valence-corrected chi connectivity index (χ1v) is 8.91. The van der Waals surface area contributed by atoms with E-state index in [0.29, 0.717) is 17.3 Å². The molecule has 130 valence electrons. The molecular weight excluding hydrogens is 421 g/mol. The number of carboxylic acids is 1. The zero-order valence-electron chi connectivity index (χ0n) is 14.3. The van der Waals surface area contributed by atoms with Crippen molar-refractivity contribution in [3.05, 3.63) is 43.2 Å². The average Bonchev–Trinajstić information content (AvgIpc) is 2.48. The number of fused-ring (bicyclic) bond motifs is 1. The van der Waals surface area contributed by atoms with E-state index in [1.54, 1.807) is 4.57 Å². The van der Waals surface area contributed by atoms with E-state index in [1.807, 2.05) is 39.8 Å². The zero-order valence-corrected chi connectivity index (χ0v) is 16.4. The van der Waals surface area contributed by atoms with Crippen molar-refractivity contribution in [2.45, 2.75) is 40.2 Å². The lowest BCUT2D eigenvalue weighted by Gasteiger charge is -2.33. The molecule has 1 aromatic heterocycles. The van der Waals surface area contributed by atoms with Crippen molar-refractivity contribution in [2.75, 3.05) is 6.61 Å². The highest BCUT2D eigenvalue weighted by atomic mass is 127. The number of hydrogen-bond acceptors (Lipinski definition) is 3. The Labute approximate surface area is 154 Å². The number of aliphatic hydroxyl groups is 1. The Kier molecular flexibility index (Phi) is 5.39. The SMILES string of the molecule is CCc1c(I)ccc2c1c(=O)c(C(=O)O)cn2C(CO)C(C)(C)C. The fourth-order valence-electron chi connectivity index (χ4n) is 3.02. The van der Waals surface area contributed by atoms with Gasteiger partial charge in [0.1, 0.15) is 5.56 Å². The molecule has 0 spiro atoms. The summed E-state index contributed by atoms with van der Waals surface area (Å²) in [5, 5.41) is 19.8. The quantitative estimate of drug-likeness (QED) is 0.710. The number of aryl methyl sites for hydroxylation is 1. The Morgan fingerprint density at radius 3 is 2.42 bits per heavy atom. The summed E-state index contributed by atoms with van der Waals surface area (Å²) in [5.74, 6) is -1.25. The molecule has 0 aliphatic carbocycles. The van der Waals surface area contributed by atoms with Gasteiger partial charge >= 0.3 is 5.97 Å². The van der Waals surface area contributed by atoms with Gasteiger partial charge in [-0.2, -0.15) is 0 Å². The third-order valence-electron chi connectivity index (χ3n) is 4.34. The second-order valence-electron chi connectivity index (χ2n) is 6.92. The van der Waals surface area contributed by atoms with Crippen LogP contribution >= 0.6 is 22.6 Å². The summed E-state index contributed by atoms with van der Waals surface area (Å²) in [6.45, 7) is 7.73. The van der Waals surface area contributed by atoms with Crippen molar-refractivity contribution in [3.63, 3.8) is 0 Å². The summed E-state index contributed by atoms with van der Waals surface area (Å²) in [4.78, 5) is 24.3. The van der Waals surface area contributed by atoms with E-state index in [1.165, 1.54) is 6.20 Å². The number of carbonyl (C=O) groups is 1. The van der Waals surface area contributed by atoms with Crippen molar-refractivity contribution in [2.24, 2.45) is 5.41 Å². The Bertz CT molecular complexity index is 849. The number of halogens is 1. The second kappa shape index (κ2) is 6.84. The van der Waals surface area contributed by atoms with Gasteiger partial charge in [-0.15, -0.1) is 0 Å². The highest BCUT2D eigenvalue weighted by molar-refractivity contribution is 14.1. The summed E-state index contributed by atoms with van der Waals surface area (Å²) in [6.07, 6.45) is 2.00. The lowest BCUT2D eigenvalue weighted by Crippen LogP contribution is -2.30. The third kappa shape index (κ3) is 3.21. The molecule has 0 saturated heterocycles. The van der Waals surface area contributed by atoms with Crippen LogP contribution in [0.15, 0.2) is 23.1 Å². The summed E-state index contributed by atoms with van der Waals surface area (Å²) < 4.78 is 2.68. The van der Waals surface area contributed by atoms with Gasteiger partial charge in [0.25, 0.3) is 0 Å². The number of aliphatic hydroxyl groups excluding tert-OH is 1. The molecule has 2 aromatic rings. The van der Waals surface area contributed by atoms with Gasteiger partial charge in [0.2, 0.25) is 5.43 Å². The Morgan fingerprint density at radius 1 is 1.33 bits per heavy atom. The van der Waals surface area contributed by atoms with Crippen molar-refractivity contribution in [3.8, 4) is 0 Å². The van der Waals surface area contributed by atoms with Crippen LogP contribution < -0.4 is 5.43 Å². The predicted molar refractivity (Wildman–Crippen MR) is 103 cm³/mol. The normalized spacial score (nSPS) is 13.2. The Balaban J connectivity index is 3.03. The minimum Gasteiger partial charge on any atom is -0.477 e. The molecule has 2 N–H and O–H groups in total. The van der Waals surface area contributed by atoms with E-state index in [0.717, 1.165) is 9.13 Å². The standard InChI is InChI=1S/C18H22INO4/c1-5-10-12(19)6-7-13-15(10)16(22)11(17(23)24)8-20(13)14(9-21)18(2,3)4/h6-8,14,21H,5,9H2,1-4H3,(H,23,24). The molecule has 1 heterocycles. The number of nitrogens with zero attached hydrogens (tertiary/aromatic N) is 1. The smallest absolute Gasteiger partial charge is 0.341 e. The molecule has 0 saturated carbocycles. The maximum Gasteiger partial charge on any atom is 0.341 e. The highest BCUT2D eigenvalue weighted by Gasteiger charge is 2.28. The first kappa shape index (κ1) is 18.9. The molecule has 0 aliphatic rings. The summed E-state index contributed by atoms with van der Waals surface area (Å²) in [7, 11) is 0.